The molecule has 0 spiro atoms. The Morgan fingerprint density at radius 3 is 2.25 bits per heavy atom. The molecule has 1 amide bonds. The number of hydrogen-bond donors (Lipinski definition) is 1. The van der Waals surface area contributed by atoms with Crippen LogP contribution in [0, 0.1) is 23.2 Å². The van der Waals surface area contributed by atoms with Gasteiger partial charge in [0.2, 0.25) is 5.91 Å². The molecule has 2 heterocycles. The summed E-state index contributed by atoms with van der Waals surface area (Å²) in [6.07, 6.45) is 8.69. The number of esters is 1. The Morgan fingerprint density at radius 2 is 1.62 bits per heavy atom. The molecule has 40 heavy (non-hydrogen) atoms. The molecule has 5 aliphatic rings. The second-order valence-corrected chi connectivity index (χ2v) is 13.0. The highest BCUT2D eigenvalue weighted by molar-refractivity contribution is 6.27. The summed E-state index contributed by atoms with van der Waals surface area (Å²) in [5.74, 6) is 1.59. The monoisotopic (exact) mass is 558 g/mol. The third-order valence-corrected chi connectivity index (χ3v) is 10.5. The molecule has 2 atom stereocenters. The van der Waals surface area contributed by atoms with Crippen molar-refractivity contribution < 1.29 is 19.1 Å². The zero-order valence-corrected chi connectivity index (χ0v) is 23.6. The van der Waals surface area contributed by atoms with Crippen LogP contribution in [-0.2, 0) is 20.7 Å². The molecule has 4 aliphatic carbocycles. The molecule has 0 saturated heterocycles. The number of hydrogen-bond acceptors (Lipinski definition) is 4. The quantitative estimate of drug-likeness (QED) is 0.221. The first-order valence-corrected chi connectivity index (χ1v) is 15.1. The van der Waals surface area contributed by atoms with E-state index in [4.69, 9.17) is 16.3 Å². The second kappa shape index (κ2) is 9.76. The standard InChI is InChI=1S/C33H35ClN2O4/c1-40-32(39)27-13-25-24-4-2-3-5-26(24)35-30(25)31(36(27)29(38)18-34)23-8-6-22(7-9-23)28(37)17-33-14-19-10-20(15-33)12-21(11-19)16-33/h2-9,19-21,27,31,35H,10-18H2,1H3/t19?,20?,21?,27-,31+,33?/m1/s1. The number of methoxy groups -OCH3 is 1. The van der Waals surface area contributed by atoms with E-state index < -0.39 is 18.1 Å². The van der Waals surface area contributed by atoms with Crippen LogP contribution in [0.25, 0.3) is 10.9 Å². The molecular weight excluding hydrogens is 524 g/mol. The smallest absolute Gasteiger partial charge is 0.328 e. The van der Waals surface area contributed by atoms with E-state index in [9.17, 15) is 14.4 Å². The molecular formula is C33H35ClN2O4. The lowest BCUT2D eigenvalue weighted by atomic mass is 9.48. The van der Waals surface area contributed by atoms with E-state index in [1.165, 1.54) is 45.6 Å². The van der Waals surface area contributed by atoms with Gasteiger partial charge >= 0.3 is 5.97 Å². The number of carbonyl (C=O) groups is 3. The van der Waals surface area contributed by atoms with Crippen LogP contribution in [0.1, 0.15) is 78.2 Å². The van der Waals surface area contributed by atoms with Crippen LogP contribution in [0.15, 0.2) is 48.5 Å². The van der Waals surface area contributed by atoms with Crippen molar-refractivity contribution in [2.45, 2.75) is 63.5 Å². The zero-order valence-electron chi connectivity index (χ0n) is 22.8. The molecule has 2 aromatic carbocycles. The van der Waals surface area contributed by atoms with Gasteiger partial charge in [0.15, 0.2) is 5.78 Å². The average molecular weight is 559 g/mol. The van der Waals surface area contributed by atoms with E-state index in [1.54, 1.807) is 4.90 Å². The largest absolute Gasteiger partial charge is 0.467 e. The lowest BCUT2D eigenvalue weighted by molar-refractivity contribution is -0.154. The number of rotatable bonds is 6. The van der Waals surface area contributed by atoms with Gasteiger partial charge in [-0.1, -0.05) is 42.5 Å². The maximum atomic E-state index is 13.6. The number of ether oxygens (including phenoxy) is 1. The van der Waals surface area contributed by atoms with Gasteiger partial charge in [-0.2, -0.15) is 0 Å². The molecule has 0 radical (unpaired) electrons. The van der Waals surface area contributed by atoms with Crippen LogP contribution < -0.4 is 0 Å². The predicted molar refractivity (Wildman–Crippen MR) is 153 cm³/mol. The fourth-order valence-electron chi connectivity index (χ4n) is 9.13. The lowest BCUT2D eigenvalue weighted by Crippen LogP contribution is -2.52. The molecule has 4 bridgehead atoms. The summed E-state index contributed by atoms with van der Waals surface area (Å²) in [7, 11) is 1.34. The van der Waals surface area contributed by atoms with Gasteiger partial charge in [-0.05, 0) is 78.9 Å². The molecule has 1 aromatic heterocycles. The molecule has 1 aliphatic heterocycles. The van der Waals surface area contributed by atoms with Gasteiger partial charge in [-0.15, -0.1) is 11.6 Å². The zero-order chi connectivity index (χ0) is 27.6. The number of carbonyl (C=O) groups excluding carboxylic acids is 3. The van der Waals surface area contributed by atoms with Crippen molar-refractivity contribution in [3.8, 4) is 0 Å². The summed E-state index contributed by atoms with van der Waals surface area (Å²) < 4.78 is 5.14. The molecule has 8 rings (SSSR count). The number of para-hydroxylation sites is 1. The van der Waals surface area contributed by atoms with Gasteiger partial charge in [-0.3, -0.25) is 9.59 Å². The molecule has 1 N–H and O–H groups in total. The number of ketones is 1. The first-order valence-electron chi connectivity index (χ1n) is 14.6. The van der Waals surface area contributed by atoms with Gasteiger partial charge < -0.3 is 14.6 Å². The van der Waals surface area contributed by atoms with E-state index in [1.807, 2.05) is 48.5 Å². The minimum Gasteiger partial charge on any atom is -0.467 e. The second-order valence-electron chi connectivity index (χ2n) is 12.8. The summed E-state index contributed by atoms with van der Waals surface area (Å²) in [6.45, 7) is 0. The topological polar surface area (TPSA) is 79.5 Å². The molecule has 0 unspecified atom stereocenters. The summed E-state index contributed by atoms with van der Waals surface area (Å²) in [6, 6.07) is 14.3. The SMILES string of the molecule is COC(=O)[C@H]1Cc2c([nH]c3ccccc23)[C@H](c2ccc(C(=O)CC34CC5CC(CC(C5)C3)C4)cc2)N1C(=O)CCl. The summed E-state index contributed by atoms with van der Waals surface area (Å²) in [5.41, 5.74) is 4.54. The van der Waals surface area contributed by atoms with E-state index in [0.29, 0.717) is 18.4 Å². The molecule has 208 valence electrons. The maximum Gasteiger partial charge on any atom is 0.328 e. The number of alkyl halides is 1. The van der Waals surface area contributed by atoms with Crippen molar-refractivity contribution in [1.82, 2.24) is 9.88 Å². The van der Waals surface area contributed by atoms with E-state index >= 15 is 0 Å². The normalized spacial score (nSPS) is 30.4. The number of H-pyrrole nitrogens is 1. The van der Waals surface area contributed by atoms with Crippen LogP contribution >= 0.6 is 11.6 Å². The fourth-order valence-corrected chi connectivity index (χ4v) is 9.27. The van der Waals surface area contributed by atoms with E-state index in [-0.39, 0.29) is 23.0 Å². The summed E-state index contributed by atoms with van der Waals surface area (Å²) in [4.78, 5) is 44.9. The van der Waals surface area contributed by atoms with Gasteiger partial charge in [0.1, 0.15) is 11.9 Å². The van der Waals surface area contributed by atoms with Crippen molar-refractivity contribution in [3.63, 3.8) is 0 Å². The Labute approximate surface area is 239 Å². The molecule has 7 heteroatoms. The Balaban J connectivity index is 1.23. The van der Waals surface area contributed by atoms with Gasteiger partial charge in [0, 0.05) is 35.0 Å². The van der Waals surface area contributed by atoms with Crippen molar-refractivity contribution in [2.24, 2.45) is 23.2 Å². The number of amides is 1. The number of halogens is 1. The molecule has 3 aromatic rings. The third-order valence-electron chi connectivity index (χ3n) is 10.3. The van der Waals surface area contributed by atoms with Crippen molar-refractivity contribution in [3.05, 3.63) is 70.9 Å². The van der Waals surface area contributed by atoms with Crippen molar-refractivity contribution in [2.75, 3.05) is 13.0 Å². The number of aromatic nitrogens is 1. The van der Waals surface area contributed by atoms with Gasteiger partial charge in [-0.25, -0.2) is 4.79 Å². The van der Waals surface area contributed by atoms with Crippen molar-refractivity contribution in [1.29, 1.82) is 0 Å². The average Bonchev–Trinajstić information content (AvgIpc) is 3.33. The van der Waals surface area contributed by atoms with Crippen molar-refractivity contribution >= 4 is 40.2 Å². The summed E-state index contributed by atoms with van der Waals surface area (Å²) >= 11 is 6.07. The van der Waals surface area contributed by atoms with Gasteiger partial charge in [0.05, 0.1) is 13.2 Å². The highest BCUT2D eigenvalue weighted by Crippen LogP contribution is 2.61. The Hall–Kier alpha value is -3.12. The predicted octanol–water partition coefficient (Wildman–Crippen LogP) is 6.21. The number of nitrogens with one attached hydrogen (secondary N) is 1. The van der Waals surface area contributed by atoms with Crippen LogP contribution in [0.2, 0.25) is 0 Å². The van der Waals surface area contributed by atoms with Crippen LogP contribution in [0.5, 0.6) is 0 Å². The number of aromatic amines is 1. The third kappa shape index (κ3) is 4.18. The van der Waals surface area contributed by atoms with Crippen LogP contribution in [0.3, 0.4) is 0 Å². The Morgan fingerprint density at radius 1 is 0.975 bits per heavy atom. The molecule has 6 nitrogen and oxygen atoms in total. The lowest BCUT2D eigenvalue weighted by Gasteiger charge is -2.56. The number of nitrogens with zero attached hydrogens (tertiary/aromatic N) is 1. The van der Waals surface area contributed by atoms with E-state index in [2.05, 4.69) is 4.98 Å². The fraction of sp³-hybridized carbons (Fsp3) is 0.485. The first kappa shape index (κ1) is 25.8. The first-order chi connectivity index (χ1) is 19.4. The minimum atomic E-state index is -0.801. The highest BCUT2D eigenvalue weighted by Gasteiger charge is 2.51. The number of fused-ring (bicyclic) bond motifs is 3. The highest BCUT2D eigenvalue weighted by atomic mass is 35.5. The minimum absolute atomic E-state index is 0.185. The summed E-state index contributed by atoms with van der Waals surface area (Å²) in [5, 5.41) is 1.02. The number of Topliss-reactive ketones (excluding diaryl/α,β-unsaturated/α-hetero) is 1. The van der Waals surface area contributed by atoms with Crippen LogP contribution in [-0.4, -0.2) is 46.6 Å². The van der Waals surface area contributed by atoms with E-state index in [0.717, 1.165) is 45.5 Å². The Bertz CT molecular complexity index is 1460. The number of benzene rings is 2. The molecule has 4 fully saturated rings. The van der Waals surface area contributed by atoms with Gasteiger partial charge in [0.25, 0.3) is 0 Å². The Kier molecular flexibility index (Phi) is 6.30. The maximum absolute atomic E-state index is 13.6. The molecule has 4 saturated carbocycles. The van der Waals surface area contributed by atoms with Crippen LogP contribution in [0.4, 0.5) is 0 Å².